The Morgan fingerprint density at radius 3 is 2.50 bits per heavy atom. The Balaban J connectivity index is 3.14. The Hall–Kier alpha value is 0.430. The minimum absolute atomic E-state index is 0.226. The molecule has 0 saturated carbocycles. The Bertz CT molecular complexity index is 325. The van der Waals surface area contributed by atoms with E-state index in [4.69, 9.17) is 34.8 Å². The largest absolute Gasteiger partial charge is 0.250 e. The quantitative estimate of drug-likeness (QED) is 0.776. The highest BCUT2D eigenvalue weighted by atomic mass is 79.9. The second-order valence-corrected chi connectivity index (χ2v) is 5.49. The Labute approximate surface area is 106 Å². The van der Waals surface area contributed by atoms with Crippen LogP contribution in [-0.2, 0) is 15.5 Å². The number of rotatable bonds is 2. The van der Waals surface area contributed by atoms with Crippen LogP contribution in [0.4, 0.5) is 0 Å². The van der Waals surface area contributed by atoms with Crippen LogP contribution in [0.15, 0.2) is 6.20 Å². The summed E-state index contributed by atoms with van der Waals surface area (Å²) in [5, 5.41) is 0.705. The van der Waals surface area contributed by atoms with E-state index in [1.54, 1.807) is 6.20 Å². The second kappa shape index (κ2) is 4.97. The minimum Gasteiger partial charge on any atom is -0.237 e. The van der Waals surface area contributed by atoms with Crippen molar-refractivity contribution in [2.75, 3.05) is 0 Å². The van der Waals surface area contributed by atoms with E-state index in [0.717, 1.165) is 17.7 Å². The summed E-state index contributed by atoms with van der Waals surface area (Å²) in [6.07, 6.45) is 2.47. The van der Waals surface area contributed by atoms with Crippen LogP contribution in [0.1, 0.15) is 24.0 Å². The number of nitrogens with zero attached hydrogens (tertiary/aromatic N) is 2. The van der Waals surface area contributed by atoms with Crippen molar-refractivity contribution in [1.82, 2.24) is 9.97 Å². The zero-order valence-electron chi connectivity index (χ0n) is 7.40. The van der Waals surface area contributed by atoms with Crippen LogP contribution in [0, 0.1) is 0 Å². The van der Waals surface area contributed by atoms with Gasteiger partial charge in [-0.3, -0.25) is 0 Å². The minimum atomic E-state index is -1.55. The van der Waals surface area contributed by atoms with Crippen LogP contribution in [0.5, 0.6) is 0 Å². The van der Waals surface area contributed by atoms with Gasteiger partial charge in [0.25, 0.3) is 0 Å². The molecule has 1 rings (SSSR count). The van der Waals surface area contributed by atoms with Gasteiger partial charge in [0, 0.05) is 22.8 Å². The van der Waals surface area contributed by atoms with Crippen molar-refractivity contribution in [2.24, 2.45) is 0 Å². The SMILES string of the molecule is CCc1nc(C(Cl)(Cl)Cl)ncc1CBr. The van der Waals surface area contributed by atoms with Crippen molar-refractivity contribution >= 4 is 50.7 Å². The number of aromatic nitrogens is 2. The third-order valence-corrected chi connectivity index (χ3v) is 2.80. The van der Waals surface area contributed by atoms with Crippen LogP contribution in [0.25, 0.3) is 0 Å². The Morgan fingerprint density at radius 1 is 1.43 bits per heavy atom. The number of hydrogen-bond acceptors (Lipinski definition) is 2. The summed E-state index contributed by atoms with van der Waals surface area (Å²) >= 11 is 20.4. The molecule has 0 spiro atoms. The summed E-state index contributed by atoms with van der Waals surface area (Å²) < 4.78 is -1.55. The molecule has 0 N–H and O–H groups in total. The summed E-state index contributed by atoms with van der Waals surface area (Å²) in [4.78, 5) is 8.19. The molecule has 1 aromatic heterocycles. The van der Waals surface area contributed by atoms with Gasteiger partial charge in [-0.1, -0.05) is 57.7 Å². The van der Waals surface area contributed by atoms with E-state index >= 15 is 0 Å². The van der Waals surface area contributed by atoms with E-state index < -0.39 is 3.79 Å². The summed E-state index contributed by atoms with van der Waals surface area (Å²) in [7, 11) is 0. The number of hydrogen-bond donors (Lipinski definition) is 0. The number of aryl methyl sites for hydroxylation is 1. The summed E-state index contributed by atoms with van der Waals surface area (Å²) in [5.74, 6) is 0.226. The number of alkyl halides is 4. The molecule has 78 valence electrons. The van der Waals surface area contributed by atoms with Gasteiger partial charge in [0.15, 0.2) is 5.82 Å². The molecule has 0 aliphatic carbocycles. The van der Waals surface area contributed by atoms with Gasteiger partial charge in [-0.15, -0.1) is 0 Å². The third kappa shape index (κ3) is 2.96. The zero-order valence-corrected chi connectivity index (χ0v) is 11.3. The van der Waals surface area contributed by atoms with Crippen LogP contribution in [0.2, 0.25) is 0 Å². The first-order valence-corrected chi connectivity index (χ1v) is 6.22. The summed E-state index contributed by atoms with van der Waals surface area (Å²) in [5.41, 5.74) is 1.92. The highest BCUT2D eigenvalue weighted by Gasteiger charge is 2.27. The molecule has 14 heavy (non-hydrogen) atoms. The van der Waals surface area contributed by atoms with Crippen LogP contribution < -0.4 is 0 Å². The molecule has 1 aromatic rings. The summed E-state index contributed by atoms with van der Waals surface area (Å²) in [6.45, 7) is 2.00. The van der Waals surface area contributed by atoms with Crippen LogP contribution >= 0.6 is 50.7 Å². The van der Waals surface area contributed by atoms with E-state index in [1.165, 1.54) is 0 Å². The van der Waals surface area contributed by atoms with Gasteiger partial charge in [-0.2, -0.15) is 0 Å². The molecule has 0 bridgehead atoms. The average molecular weight is 318 g/mol. The first-order valence-electron chi connectivity index (χ1n) is 3.97. The normalized spacial score (nSPS) is 11.8. The highest BCUT2D eigenvalue weighted by Crippen LogP contribution is 2.35. The molecule has 0 amide bonds. The molecule has 0 radical (unpaired) electrons. The lowest BCUT2D eigenvalue weighted by molar-refractivity contribution is 0.884. The maximum atomic E-state index is 5.68. The molecule has 0 saturated heterocycles. The van der Waals surface area contributed by atoms with Gasteiger partial charge in [0.05, 0.1) is 0 Å². The van der Waals surface area contributed by atoms with Gasteiger partial charge in [-0.25, -0.2) is 9.97 Å². The monoisotopic (exact) mass is 316 g/mol. The van der Waals surface area contributed by atoms with Crippen LogP contribution in [0.3, 0.4) is 0 Å². The molecule has 0 aliphatic heterocycles. The molecule has 1 heterocycles. The van der Waals surface area contributed by atoms with Gasteiger partial charge >= 0.3 is 0 Å². The van der Waals surface area contributed by atoms with E-state index in [2.05, 4.69) is 25.9 Å². The van der Waals surface area contributed by atoms with Gasteiger partial charge in [0.1, 0.15) is 0 Å². The fraction of sp³-hybridized carbons (Fsp3) is 0.500. The van der Waals surface area contributed by atoms with Crippen molar-refractivity contribution in [3.63, 3.8) is 0 Å². The van der Waals surface area contributed by atoms with Crippen molar-refractivity contribution in [3.05, 3.63) is 23.3 Å². The Kier molecular flexibility index (Phi) is 4.44. The second-order valence-electron chi connectivity index (χ2n) is 2.65. The van der Waals surface area contributed by atoms with Crippen LogP contribution in [-0.4, -0.2) is 9.97 Å². The maximum absolute atomic E-state index is 5.68. The smallest absolute Gasteiger partial charge is 0.237 e. The standard InChI is InChI=1S/C8H8BrCl3N2/c1-2-6-5(3-9)4-13-7(14-6)8(10,11)12/h4H,2-3H2,1H3. The summed E-state index contributed by atoms with van der Waals surface area (Å²) in [6, 6.07) is 0. The predicted octanol–water partition coefficient (Wildman–Crippen LogP) is 3.76. The highest BCUT2D eigenvalue weighted by molar-refractivity contribution is 9.08. The molecule has 6 heteroatoms. The molecule has 0 unspecified atom stereocenters. The molecule has 2 nitrogen and oxygen atoms in total. The first kappa shape index (κ1) is 12.5. The molecule has 0 aliphatic rings. The Morgan fingerprint density at radius 2 is 2.07 bits per heavy atom. The lowest BCUT2D eigenvalue weighted by Gasteiger charge is -2.11. The van der Waals surface area contributed by atoms with Crippen molar-refractivity contribution in [2.45, 2.75) is 22.5 Å². The van der Waals surface area contributed by atoms with Gasteiger partial charge in [-0.05, 0) is 6.42 Å². The van der Waals surface area contributed by atoms with E-state index in [-0.39, 0.29) is 5.82 Å². The molecule has 0 aromatic carbocycles. The topological polar surface area (TPSA) is 25.8 Å². The predicted molar refractivity (Wildman–Crippen MR) is 63.3 cm³/mol. The van der Waals surface area contributed by atoms with Crippen molar-refractivity contribution in [3.8, 4) is 0 Å². The maximum Gasteiger partial charge on any atom is 0.250 e. The molecular formula is C8H8BrCl3N2. The van der Waals surface area contributed by atoms with E-state index in [1.807, 2.05) is 6.92 Å². The van der Waals surface area contributed by atoms with E-state index in [9.17, 15) is 0 Å². The molecular weight excluding hydrogens is 310 g/mol. The molecule has 0 atom stereocenters. The molecule has 0 fully saturated rings. The van der Waals surface area contributed by atoms with Gasteiger partial charge in [0.2, 0.25) is 3.79 Å². The fourth-order valence-electron chi connectivity index (χ4n) is 0.996. The third-order valence-electron chi connectivity index (χ3n) is 1.69. The van der Waals surface area contributed by atoms with Crippen molar-refractivity contribution in [1.29, 1.82) is 0 Å². The average Bonchev–Trinajstić information content (AvgIpc) is 2.15. The number of halogens is 4. The van der Waals surface area contributed by atoms with Gasteiger partial charge < -0.3 is 0 Å². The van der Waals surface area contributed by atoms with Crippen molar-refractivity contribution < 1.29 is 0 Å². The zero-order chi connectivity index (χ0) is 10.8. The lowest BCUT2D eigenvalue weighted by atomic mass is 10.2. The fourth-order valence-corrected chi connectivity index (χ4v) is 1.74. The van der Waals surface area contributed by atoms with E-state index in [0.29, 0.717) is 5.33 Å². The first-order chi connectivity index (χ1) is 6.49. The lowest BCUT2D eigenvalue weighted by Crippen LogP contribution is -2.10.